The van der Waals surface area contributed by atoms with Crippen molar-refractivity contribution in [2.45, 2.75) is 50.3 Å². The van der Waals surface area contributed by atoms with E-state index < -0.39 is 0 Å². The van der Waals surface area contributed by atoms with Gasteiger partial charge in [-0.25, -0.2) is 0 Å². The zero-order valence-corrected chi connectivity index (χ0v) is 17.5. The number of fused-ring (bicyclic) bond motifs is 1. The molecule has 3 heteroatoms. The van der Waals surface area contributed by atoms with Crippen molar-refractivity contribution in [2.75, 3.05) is 7.11 Å². The molecule has 1 N–H and O–H groups in total. The lowest BCUT2D eigenvalue weighted by Gasteiger charge is -2.27. The van der Waals surface area contributed by atoms with Crippen molar-refractivity contribution in [3.63, 3.8) is 0 Å². The molecule has 0 aliphatic heterocycles. The first-order valence-electron chi connectivity index (χ1n) is 11.0. The standard InChI is InChI=1S/C27H29NO2/c1-29-23-15-12-20-8-5-9-26(24(20)16-23)28-27-17-25(27)21-10-13-22(14-11-21)30-18-19-6-3-2-4-7-19/h2-4,6-7,10-16,25-28H,5,8-9,17-18H2,1H3/t25?,26?,27-/m0/s1. The predicted octanol–water partition coefficient (Wildman–Crippen LogP) is 5.80. The fraction of sp³-hybridized carbons (Fsp3) is 0.333. The van der Waals surface area contributed by atoms with Crippen LogP contribution in [0, 0.1) is 0 Å². The quantitative estimate of drug-likeness (QED) is 0.545. The van der Waals surface area contributed by atoms with Gasteiger partial charge in [-0.1, -0.05) is 48.5 Å². The third-order valence-electron chi connectivity index (χ3n) is 6.43. The molecule has 3 atom stereocenters. The third-order valence-corrected chi connectivity index (χ3v) is 6.43. The summed E-state index contributed by atoms with van der Waals surface area (Å²) in [6.07, 6.45) is 4.84. The molecule has 5 rings (SSSR count). The first-order chi connectivity index (χ1) is 14.8. The largest absolute Gasteiger partial charge is 0.497 e. The van der Waals surface area contributed by atoms with Crippen LogP contribution in [0.15, 0.2) is 72.8 Å². The summed E-state index contributed by atoms with van der Waals surface area (Å²) in [5.74, 6) is 2.49. The highest BCUT2D eigenvalue weighted by atomic mass is 16.5. The Hall–Kier alpha value is -2.78. The van der Waals surface area contributed by atoms with Gasteiger partial charge in [0.2, 0.25) is 0 Å². The Labute approximate surface area is 179 Å². The molecular formula is C27H29NO2. The van der Waals surface area contributed by atoms with Crippen LogP contribution in [-0.2, 0) is 13.0 Å². The lowest BCUT2D eigenvalue weighted by molar-refractivity contribution is 0.306. The van der Waals surface area contributed by atoms with E-state index in [2.05, 4.69) is 59.9 Å². The van der Waals surface area contributed by atoms with E-state index in [1.54, 1.807) is 7.11 Å². The van der Waals surface area contributed by atoms with Crippen molar-refractivity contribution in [1.82, 2.24) is 5.32 Å². The van der Waals surface area contributed by atoms with Crippen LogP contribution in [0.5, 0.6) is 11.5 Å². The van der Waals surface area contributed by atoms with E-state index in [1.165, 1.54) is 47.9 Å². The van der Waals surface area contributed by atoms with Gasteiger partial charge in [-0.15, -0.1) is 0 Å². The third kappa shape index (κ3) is 4.22. The number of benzene rings is 3. The molecule has 154 valence electrons. The first-order valence-corrected chi connectivity index (χ1v) is 11.0. The predicted molar refractivity (Wildman–Crippen MR) is 120 cm³/mol. The number of ether oxygens (including phenoxy) is 2. The zero-order chi connectivity index (χ0) is 20.3. The molecule has 0 heterocycles. The van der Waals surface area contributed by atoms with E-state index in [-0.39, 0.29) is 0 Å². The van der Waals surface area contributed by atoms with Crippen LogP contribution in [0.3, 0.4) is 0 Å². The van der Waals surface area contributed by atoms with Crippen LogP contribution in [0.2, 0.25) is 0 Å². The van der Waals surface area contributed by atoms with E-state index in [1.807, 2.05) is 18.2 Å². The molecule has 2 aliphatic rings. The second-order valence-electron chi connectivity index (χ2n) is 8.47. The van der Waals surface area contributed by atoms with E-state index in [4.69, 9.17) is 9.47 Å². The molecule has 1 fully saturated rings. The highest BCUT2D eigenvalue weighted by molar-refractivity contribution is 5.40. The van der Waals surface area contributed by atoms with Gasteiger partial charge in [0.1, 0.15) is 18.1 Å². The Balaban J connectivity index is 1.19. The van der Waals surface area contributed by atoms with Crippen LogP contribution < -0.4 is 14.8 Å². The molecule has 0 amide bonds. The lowest BCUT2D eigenvalue weighted by atomic mass is 9.87. The minimum atomic E-state index is 0.437. The van der Waals surface area contributed by atoms with Crippen LogP contribution >= 0.6 is 0 Å². The van der Waals surface area contributed by atoms with E-state index in [9.17, 15) is 0 Å². The number of methoxy groups -OCH3 is 1. The van der Waals surface area contributed by atoms with Gasteiger partial charge in [-0.05, 0) is 72.2 Å². The van der Waals surface area contributed by atoms with Crippen LogP contribution in [0.1, 0.15) is 53.5 Å². The van der Waals surface area contributed by atoms with Crippen molar-refractivity contribution in [2.24, 2.45) is 0 Å². The number of hydrogen-bond acceptors (Lipinski definition) is 3. The Morgan fingerprint density at radius 2 is 1.73 bits per heavy atom. The average molecular weight is 400 g/mol. The fourth-order valence-corrected chi connectivity index (χ4v) is 4.64. The van der Waals surface area contributed by atoms with E-state index in [0.29, 0.717) is 24.6 Å². The van der Waals surface area contributed by atoms with Gasteiger partial charge >= 0.3 is 0 Å². The van der Waals surface area contributed by atoms with Crippen LogP contribution in [-0.4, -0.2) is 13.2 Å². The Morgan fingerprint density at radius 3 is 2.53 bits per heavy atom. The minimum absolute atomic E-state index is 0.437. The molecule has 0 aromatic heterocycles. The molecule has 0 saturated heterocycles. The zero-order valence-electron chi connectivity index (χ0n) is 17.5. The van der Waals surface area contributed by atoms with Gasteiger partial charge in [0.25, 0.3) is 0 Å². The smallest absolute Gasteiger partial charge is 0.119 e. The van der Waals surface area contributed by atoms with Gasteiger partial charge in [0.15, 0.2) is 0 Å². The summed E-state index contributed by atoms with van der Waals surface area (Å²) < 4.78 is 11.4. The van der Waals surface area contributed by atoms with E-state index >= 15 is 0 Å². The molecule has 3 nitrogen and oxygen atoms in total. The second kappa shape index (κ2) is 8.53. The summed E-state index contributed by atoms with van der Waals surface area (Å²) in [5.41, 5.74) is 5.49. The molecule has 0 spiro atoms. The summed E-state index contributed by atoms with van der Waals surface area (Å²) in [6.45, 7) is 0.609. The SMILES string of the molecule is COc1ccc2c(c1)C(N[C@H]1CC1c1ccc(OCc3ccccc3)cc1)CCC2. The average Bonchev–Trinajstić information content (AvgIpc) is 3.58. The van der Waals surface area contributed by atoms with Gasteiger partial charge < -0.3 is 14.8 Å². The van der Waals surface area contributed by atoms with Crippen LogP contribution in [0.25, 0.3) is 0 Å². The molecule has 0 radical (unpaired) electrons. The monoisotopic (exact) mass is 399 g/mol. The molecule has 2 unspecified atom stereocenters. The summed E-state index contributed by atoms with van der Waals surface area (Å²) in [7, 11) is 1.75. The maximum atomic E-state index is 5.93. The van der Waals surface area contributed by atoms with Crippen molar-refractivity contribution >= 4 is 0 Å². The highest BCUT2D eigenvalue weighted by Gasteiger charge is 2.40. The summed E-state index contributed by atoms with van der Waals surface area (Å²) in [5, 5.41) is 3.92. The molecular weight excluding hydrogens is 370 g/mol. The first kappa shape index (κ1) is 19.2. The molecule has 1 saturated carbocycles. The number of nitrogens with one attached hydrogen (secondary N) is 1. The lowest BCUT2D eigenvalue weighted by Crippen LogP contribution is -2.27. The molecule has 30 heavy (non-hydrogen) atoms. The van der Waals surface area contributed by atoms with E-state index in [0.717, 1.165) is 11.5 Å². The maximum Gasteiger partial charge on any atom is 0.119 e. The van der Waals surface area contributed by atoms with Crippen molar-refractivity contribution < 1.29 is 9.47 Å². The second-order valence-corrected chi connectivity index (χ2v) is 8.47. The van der Waals surface area contributed by atoms with Crippen molar-refractivity contribution in [3.8, 4) is 11.5 Å². The summed E-state index contributed by atoms with van der Waals surface area (Å²) in [4.78, 5) is 0. The maximum absolute atomic E-state index is 5.93. The molecule has 3 aromatic carbocycles. The molecule has 0 bridgehead atoms. The van der Waals surface area contributed by atoms with Crippen molar-refractivity contribution in [3.05, 3.63) is 95.1 Å². The normalized spacial score (nSPS) is 22.2. The summed E-state index contributed by atoms with van der Waals surface area (Å²) >= 11 is 0. The van der Waals surface area contributed by atoms with Gasteiger partial charge in [0.05, 0.1) is 7.11 Å². The Morgan fingerprint density at radius 1 is 0.933 bits per heavy atom. The Bertz CT molecular complexity index is 984. The van der Waals surface area contributed by atoms with Gasteiger partial charge in [0, 0.05) is 18.0 Å². The highest BCUT2D eigenvalue weighted by Crippen LogP contribution is 2.44. The summed E-state index contributed by atoms with van der Waals surface area (Å²) in [6, 6.07) is 26.5. The number of aryl methyl sites for hydroxylation is 1. The topological polar surface area (TPSA) is 30.5 Å². The fourth-order valence-electron chi connectivity index (χ4n) is 4.64. The molecule has 3 aromatic rings. The van der Waals surface area contributed by atoms with Gasteiger partial charge in [-0.2, -0.15) is 0 Å². The number of hydrogen-bond donors (Lipinski definition) is 1. The number of rotatable bonds is 7. The minimum Gasteiger partial charge on any atom is -0.497 e. The van der Waals surface area contributed by atoms with Gasteiger partial charge in [-0.3, -0.25) is 0 Å². The van der Waals surface area contributed by atoms with Crippen LogP contribution in [0.4, 0.5) is 0 Å². The van der Waals surface area contributed by atoms with Crippen molar-refractivity contribution in [1.29, 1.82) is 0 Å². The molecule has 2 aliphatic carbocycles. The Kier molecular flexibility index (Phi) is 5.46.